The zero-order valence-electron chi connectivity index (χ0n) is 25.3. The van der Waals surface area contributed by atoms with Crippen molar-refractivity contribution in [1.29, 1.82) is 0 Å². The molecule has 2 N–H and O–H groups in total. The average molecular weight is 568 g/mol. The van der Waals surface area contributed by atoms with Gasteiger partial charge in [0.25, 0.3) is 0 Å². The molecule has 3 rings (SSSR count). The van der Waals surface area contributed by atoms with Crippen LogP contribution in [0.5, 0.6) is 5.75 Å². The largest absolute Gasteiger partial charge is 0.489 e. The van der Waals surface area contributed by atoms with Gasteiger partial charge in [-0.05, 0) is 87.6 Å². The molecule has 0 saturated heterocycles. The van der Waals surface area contributed by atoms with E-state index in [2.05, 4.69) is 10.6 Å². The summed E-state index contributed by atoms with van der Waals surface area (Å²) in [6, 6.07) is 13.4. The maximum atomic E-state index is 13.2. The number of ether oxygens (including phenoxy) is 1. The van der Waals surface area contributed by atoms with Gasteiger partial charge in [-0.3, -0.25) is 14.4 Å². The van der Waals surface area contributed by atoms with E-state index in [0.29, 0.717) is 19.0 Å². The molecule has 2 aromatic rings. The molecule has 0 spiro atoms. The lowest BCUT2D eigenvalue weighted by Crippen LogP contribution is -2.52. The van der Waals surface area contributed by atoms with Crippen LogP contribution >= 0.6 is 0 Å². The Hall–Kier alpha value is -3.26. The van der Waals surface area contributed by atoms with Crippen molar-refractivity contribution in [3.63, 3.8) is 0 Å². The Bertz CT molecular complexity index is 1170. The molecule has 224 valence electrons. The number of para-hydroxylation sites is 1. The molecule has 1 aliphatic rings. The lowest BCUT2D eigenvalue weighted by Gasteiger charge is -2.29. The minimum absolute atomic E-state index is 0.0193. The van der Waals surface area contributed by atoms with Crippen LogP contribution in [0.1, 0.15) is 70.9 Å². The number of carbonyl (C=O) groups excluding carboxylic acids is 3. The van der Waals surface area contributed by atoms with Crippen molar-refractivity contribution in [3.8, 4) is 5.75 Å². The maximum Gasteiger partial charge on any atom is 0.240 e. The summed E-state index contributed by atoms with van der Waals surface area (Å²) in [6.45, 7) is 10.2. The summed E-state index contributed by atoms with van der Waals surface area (Å²) in [5.41, 5.74) is 2.00. The number of nitrogens with zero attached hydrogens (tertiary/aromatic N) is 1. The average Bonchev–Trinajstić information content (AvgIpc) is 3.80. The van der Waals surface area contributed by atoms with Gasteiger partial charge >= 0.3 is 0 Å². The number of hydrogen-bond donors (Lipinski definition) is 2. The van der Waals surface area contributed by atoms with E-state index in [1.807, 2.05) is 45.0 Å². The number of aryl methyl sites for hydroxylation is 1. The van der Waals surface area contributed by atoms with Crippen molar-refractivity contribution in [2.75, 3.05) is 20.1 Å². The summed E-state index contributed by atoms with van der Waals surface area (Å²) in [5, 5.41) is 6.44. The normalized spacial score (nSPS) is 16.7. The third kappa shape index (κ3) is 9.38. The van der Waals surface area contributed by atoms with E-state index in [1.54, 1.807) is 31.0 Å². The Balaban J connectivity index is 1.47. The van der Waals surface area contributed by atoms with Crippen LogP contribution in [0.25, 0.3) is 0 Å². The van der Waals surface area contributed by atoms with E-state index in [1.165, 1.54) is 19.1 Å². The minimum atomic E-state index is -0.447. The molecule has 41 heavy (non-hydrogen) atoms. The Morgan fingerprint density at radius 2 is 1.68 bits per heavy atom. The fourth-order valence-corrected chi connectivity index (χ4v) is 4.88. The minimum Gasteiger partial charge on any atom is -0.489 e. The fraction of sp³-hybridized carbons (Fsp3) is 0.545. The molecular formula is C33H46FN3O4. The van der Waals surface area contributed by atoms with Gasteiger partial charge in [-0.2, -0.15) is 0 Å². The van der Waals surface area contributed by atoms with E-state index in [4.69, 9.17) is 4.74 Å². The van der Waals surface area contributed by atoms with Crippen molar-refractivity contribution in [2.24, 2.45) is 11.8 Å². The molecule has 7 nitrogen and oxygen atoms in total. The predicted octanol–water partition coefficient (Wildman–Crippen LogP) is 4.89. The van der Waals surface area contributed by atoms with Gasteiger partial charge in [0, 0.05) is 26.1 Å². The molecule has 2 aromatic carbocycles. The molecule has 0 radical (unpaired) electrons. The van der Waals surface area contributed by atoms with E-state index < -0.39 is 6.04 Å². The topological polar surface area (TPSA) is 87.7 Å². The molecule has 1 unspecified atom stereocenters. The highest BCUT2D eigenvalue weighted by Gasteiger charge is 2.38. The van der Waals surface area contributed by atoms with Crippen LogP contribution in [-0.2, 0) is 20.8 Å². The summed E-state index contributed by atoms with van der Waals surface area (Å²) >= 11 is 0. The summed E-state index contributed by atoms with van der Waals surface area (Å²) in [6.07, 6.45) is 3.34. The highest BCUT2D eigenvalue weighted by atomic mass is 19.1. The van der Waals surface area contributed by atoms with Crippen molar-refractivity contribution in [1.82, 2.24) is 15.5 Å². The van der Waals surface area contributed by atoms with E-state index in [-0.39, 0.29) is 47.4 Å². The van der Waals surface area contributed by atoms with Crippen LogP contribution in [-0.4, -0.2) is 60.8 Å². The number of likely N-dealkylation sites (N-methyl/N-ethyl adjacent to an activating group) is 1. The first-order valence-corrected chi connectivity index (χ1v) is 14.8. The number of nitrogens with one attached hydrogen (secondary N) is 2. The molecule has 2 amide bonds. The molecule has 0 bridgehead atoms. The van der Waals surface area contributed by atoms with Gasteiger partial charge in [-0.25, -0.2) is 4.39 Å². The number of hydrogen-bond acceptors (Lipinski definition) is 5. The molecule has 1 fully saturated rings. The van der Waals surface area contributed by atoms with Gasteiger partial charge in [0.05, 0.1) is 12.1 Å². The first kappa shape index (κ1) is 32.3. The van der Waals surface area contributed by atoms with Crippen LogP contribution < -0.4 is 15.4 Å². The van der Waals surface area contributed by atoms with Crippen molar-refractivity contribution in [3.05, 3.63) is 65.5 Å². The molecule has 1 aliphatic carbocycles. The number of benzene rings is 2. The van der Waals surface area contributed by atoms with Crippen molar-refractivity contribution in [2.45, 2.75) is 84.4 Å². The molecular weight excluding hydrogens is 521 g/mol. The Morgan fingerprint density at radius 1 is 1.02 bits per heavy atom. The van der Waals surface area contributed by atoms with Gasteiger partial charge in [0.2, 0.25) is 11.8 Å². The predicted molar refractivity (Wildman–Crippen MR) is 159 cm³/mol. The van der Waals surface area contributed by atoms with Gasteiger partial charge in [0.15, 0.2) is 5.78 Å². The molecule has 1 saturated carbocycles. The van der Waals surface area contributed by atoms with Gasteiger partial charge in [-0.1, -0.05) is 44.2 Å². The number of rotatable bonds is 16. The number of amides is 2. The Morgan fingerprint density at radius 3 is 2.32 bits per heavy atom. The molecule has 8 heteroatoms. The Labute approximate surface area is 244 Å². The van der Waals surface area contributed by atoms with Gasteiger partial charge < -0.3 is 20.3 Å². The zero-order valence-corrected chi connectivity index (χ0v) is 25.3. The van der Waals surface area contributed by atoms with E-state index >= 15 is 0 Å². The van der Waals surface area contributed by atoms with Gasteiger partial charge in [0.1, 0.15) is 17.7 Å². The second-order valence-electron chi connectivity index (χ2n) is 11.5. The molecule has 5 atom stereocenters. The second-order valence-corrected chi connectivity index (χ2v) is 11.5. The third-order valence-electron chi connectivity index (χ3n) is 8.28. The summed E-state index contributed by atoms with van der Waals surface area (Å²) in [4.78, 5) is 39.1. The summed E-state index contributed by atoms with van der Waals surface area (Å²) in [7, 11) is 1.69. The maximum absolute atomic E-state index is 13.2. The molecule has 0 aliphatic heterocycles. The van der Waals surface area contributed by atoms with Crippen LogP contribution in [0, 0.1) is 17.7 Å². The van der Waals surface area contributed by atoms with Crippen LogP contribution in [0.3, 0.4) is 0 Å². The highest BCUT2D eigenvalue weighted by molar-refractivity contribution is 5.89. The van der Waals surface area contributed by atoms with Crippen molar-refractivity contribution >= 4 is 17.6 Å². The SMILES string of the molecule is CC(=O)[C@@H](C)N(C)C(=O)[C@@H](NC[C@@H](C)Oc1ccccc1CCCNC(=O)[C@H](C)C(C)c1ccc(F)cc1)C1CC1. The standard InChI is InChI=1S/C33H46FN3O4/c1-21(20-36-31(28-13-14-28)33(40)37(6)24(4)25(5)38)41-30-12-8-7-10-27(30)11-9-19-35-32(39)23(3)22(2)26-15-17-29(34)18-16-26/h7-8,10,12,15-18,21-24,28,31,36H,9,11,13-14,19-20H2,1-6H3,(H,35,39)/t21-,22?,23-,24-,31+/m1/s1. The van der Waals surface area contributed by atoms with E-state index in [9.17, 15) is 18.8 Å². The van der Waals surface area contributed by atoms with Crippen LogP contribution in [0.4, 0.5) is 4.39 Å². The second kappa shape index (κ2) is 15.1. The van der Waals surface area contributed by atoms with Crippen LogP contribution in [0.15, 0.2) is 48.5 Å². The quantitative estimate of drug-likeness (QED) is 0.282. The number of Topliss-reactive ketones (excluding diaryl/α,β-unsaturated/α-hetero) is 1. The monoisotopic (exact) mass is 567 g/mol. The summed E-state index contributed by atoms with van der Waals surface area (Å²) < 4.78 is 19.5. The molecule has 0 heterocycles. The molecule has 0 aromatic heterocycles. The zero-order chi connectivity index (χ0) is 30.1. The van der Waals surface area contributed by atoms with Crippen LogP contribution in [0.2, 0.25) is 0 Å². The van der Waals surface area contributed by atoms with Gasteiger partial charge in [-0.15, -0.1) is 0 Å². The summed E-state index contributed by atoms with van der Waals surface area (Å²) in [5.74, 6) is 0.448. The fourth-order valence-electron chi connectivity index (χ4n) is 4.88. The third-order valence-corrected chi connectivity index (χ3v) is 8.28. The lowest BCUT2D eigenvalue weighted by molar-refractivity contribution is -0.139. The first-order chi connectivity index (χ1) is 19.5. The number of ketones is 1. The smallest absolute Gasteiger partial charge is 0.240 e. The van der Waals surface area contributed by atoms with E-state index in [0.717, 1.165) is 42.6 Å². The number of halogens is 1. The Kier molecular flexibility index (Phi) is 11.9. The van der Waals surface area contributed by atoms with Crippen molar-refractivity contribution < 1.29 is 23.5 Å². The highest BCUT2D eigenvalue weighted by Crippen LogP contribution is 2.33. The lowest BCUT2D eigenvalue weighted by atomic mass is 9.88. The number of carbonyl (C=O) groups is 3. The first-order valence-electron chi connectivity index (χ1n) is 14.8.